The molecule has 2 N–H and O–H groups in total. The van der Waals surface area contributed by atoms with E-state index >= 15 is 0 Å². The second kappa shape index (κ2) is 8.00. The highest BCUT2D eigenvalue weighted by Gasteiger charge is 2.45. The van der Waals surface area contributed by atoms with Crippen molar-refractivity contribution in [3.05, 3.63) is 34.9 Å². The number of ether oxygens (including phenoxy) is 3. The molecule has 1 amide bonds. The highest BCUT2D eigenvalue weighted by Crippen LogP contribution is 2.30. The molecule has 1 aromatic rings. The third kappa shape index (κ3) is 4.77. The van der Waals surface area contributed by atoms with Crippen LogP contribution < -0.4 is 5.73 Å². The molecule has 7 nitrogen and oxygen atoms in total. The largest absolute Gasteiger partial charge is 0.464 e. The minimum Gasteiger partial charge on any atom is -0.464 e. The molecule has 2 fully saturated rings. The van der Waals surface area contributed by atoms with Crippen LogP contribution in [0.25, 0.3) is 0 Å². The van der Waals surface area contributed by atoms with Crippen LogP contribution in [0, 0.1) is 18.6 Å². The minimum absolute atomic E-state index is 0.0532. The van der Waals surface area contributed by atoms with Crippen molar-refractivity contribution in [2.45, 2.75) is 51.0 Å². The summed E-state index contributed by atoms with van der Waals surface area (Å²) in [6.07, 6.45) is -0.0625. The number of hydrogen-bond donors (Lipinski definition) is 1. The summed E-state index contributed by atoms with van der Waals surface area (Å²) in [5.41, 5.74) is 5.67. The SMILES string of the molecule is CC(=O)OCC1(N)CN(C(=O)OC2CC(OCc3c(F)cc(C)cc3F)C2)C1. The first-order valence-electron chi connectivity index (χ1n) is 9.09. The van der Waals surface area contributed by atoms with Gasteiger partial charge in [-0.15, -0.1) is 0 Å². The fourth-order valence-corrected chi connectivity index (χ4v) is 3.22. The number of likely N-dealkylation sites (tertiary alicyclic amines) is 1. The van der Waals surface area contributed by atoms with E-state index in [-0.39, 0.29) is 44.1 Å². The normalized spacial score (nSPS) is 22.8. The van der Waals surface area contributed by atoms with Gasteiger partial charge in [-0.05, 0) is 24.6 Å². The number of rotatable bonds is 6. The van der Waals surface area contributed by atoms with Gasteiger partial charge < -0.3 is 24.8 Å². The second-order valence-corrected chi connectivity index (χ2v) is 7.62. The first-order valence-corrected chi connectivity index (χ1v) is 9.09. The summed E-state index contributed by atoms with van der Waals surface area (Å²) < 4.78 is 43.3. The van der Waals surface area contributed by atoms with Crippen LogP contribution in [0.1, 0.15) is 30.9 Å². The lowest BCUT2D eigenvalue weighted by atomic mass is 9.91. The Morgan fingerprint density at radius 1 is 1.21 bits per heavy atom. The molecule has 0 unspecified atom stereocenters. The third-order valence-electron chi connectivity index (χ3n) is 4.90. The number of carbonyl (C=O) groups excluding carboxylic acids is 2. The Morgan fingerprint density at radius 2 is 1.82 bits per heavy atom. The third-order valence-corrected chi connectivity index (χ3v) is 4.90. The van der Waals surface area contributed by atoms with Crippen molar-refractivity contribution < 1.29 is 32.6 Å². The fraction of sp³-hybridized carbons (Fsp3) is 0.579. The Hall–Kier alpha value is -2.26. The number of aryl methyl sites for hydroxylation is 1. The van der Waals surface area contributed by atoms with Gasteiger partial charge in [-0.25, -0.2) is 13.6 Å². The molecule has 1 saturated heterocycles. The number of esters is 1. The van der Waals surface area contributed by atoms with E-state index < -0.39 is 29.2 Å². The van der Waals surface area contributed by atoms with Crippen LogP contribution in [0.3, 0.4) is 0 Å². The van der Waals surface area contributed by atoms with E-state index in [1.807, 2.05) is 0 Å². The van der Waals surface area contributed by atoms with Gasteiger partial charge in [-0.1, -0.05) is 0 Å². The van der Waals surface area contributed by atoms with Crippen LogP contribution in [0.4, 0.5) is 13.6 Å². The van der Waals surface area contributed by atoms with Crippen molar-refractivity contribution in [3.8, 4) is 0 Å². The molecule has 2 aliphatic rings. The summed E-state index contributed by atoms with van der Waals surface area (Å²) in [5.74, 6) is -1.68. The van der Waals surface area contributed by atoms with E-state index in [2.05, 4.69) is 0 Å². The van der Waals surface area contributed by atoms with Gasteiger partial charge in [0.15, 0.2) is 0 Å². The Morgan fingerprint density at radius 3 is 2.39 bits per heavy atom. The molecule has 0 aromatic heterocycles. The Bertz CT molecular complexity index is 738. The predicted octanol–water partition coefficient (Wildman–Crippen LogP) is 2.03. The minimum atomic E-state index is -0.738. The van der Waals surface area contributed by atoms with Crippen molar-refractivity contribution in [1.82, 2.24) is 4.90 Å². The zero-order valence-corrected chi connectivity index (χ0v) is 15.9. The van der Waals surface area contributed by atoms with Crippen LogP contribution in [0.2, 0.25) is 0 Å². The number of nitrogens with two attached hydrogens (primary N) is 1. The van der Waals surface area contributed by atoms with Crippen molar-refractivity contribution in [2.24, 2.45) is 5.73 Å². The smallest absolute Gasteiger partial charge is 0.410 e. The van der Waals surface area contributed by atoms with Gasteiger partial charge in [0.1, 0.15) is 24.3 Å². The van der Waals surface area contributed by atoms with Crippen LogP contribution in [-0.2, 0) is 25.6 Å². The lowest BCUT2D eigenvalue weighted by Crippen LogP contribution is -2.71. The zero-order chi connectivity index (χ0) is 20.5. The highest BCUT2D eigenvalue weighted by molar-refractivity contribution is 5.70. The van der Waals surface area contributed by atoms with E-state index in [0.29, 0.717) is 18.4 Å². The molecule has 3 rings (SSSR count). The maximum Gasteiger partial charge on any atom is 0.410 e. The topological polar surface area (TPSA) is 91.1 Å². The lowest BCUT2D eigenvalue weighted by molar-refractivity contribution is -0.145. The van der Waals surface area contributed by atoms with Gasteiger partial charge >= 0.3 is 12.1 Å². The van der Waals surface area contributed by atoms with E-state index in [4.69, 9.17) is 19.9 Å². The van der Waals surface area contributed by atoms with Crippen LogP contribution in [0.5, 0.6) is 0 Å². The molecule has 1 saturated carbocycles. The first-order chi connectivity index (χ1) is 13.1. The van der Waals surface area contributed by atoms with E-state index in [9.17, 15) is 18.4 Å². The number of nitrogens with zero attached hydrogens (tertiary/aromatic N) is 1. The molecule has 154 valence electrons. The molecule has 1 heterocycles. The summed E-state index contributed by atoms with van der Waals surface area (Å²) in [6, 6.07) is 2.53. The van der Waals surface area contributed by atoms with Gasteiger partial charge in [0.25, 0.3) is 0 Å². The maximum atomic E-state index is 13.8. The highest BCUT2D eigenvalue weighted by atomic mass is 19.1. The summed E-state index contributed by atoms with van der Waals surface area (Å²) >= 11 is 0. The molecule has 1 aromatic carbocycles. The van der Waals surface area contributed by atoms with Crippen molar-refractivity contribution in [3.63, 3.8) is 0 Å². The molecule has 1 aliphatic carbocycles. The van der Waals surface area contributed by atoms with E-state index in [1.165, 1.54) is 24.0 Å². The first kappa shape index (κ1) is 20.5. The van der Waals surface area contributed by atoms with Crippen LogP contribution >= 0.6 is 0 Å². The Labute approximate surface area is 161 Å². The monoisotopic (exact) mass is 398 g/mol. The van der Waals surface area contributed by atoms with Crippen molar-refractivity contribution in [2.75, 3.05) is 19.7 Å². The van der Waals surface area contributed by atoms with Crippen molar-refractivity contribution in [1.29, 1.82) is 0 Å². The van der Waals surface area contributed by atoms with E-state index in [0.717, 1.165) is 0 Å². The maximum absolute atomic E-state index is 13.8. The summed E-state index contributed by atoms with van der Waals surface area (Å²) in [6.45, 7) is 3.30. The molecule has 0 spiro atoms. The number of benzene rings is 1. The molecular weight excluding hydrogens is 374 g/mol. The van der Waals surface area contributed by atoms with Gasteiger partial charge in [-0.3, -0.25) is 4.79 Å². The number of amides is 1. The Balaban J connectivity index is 1.35. The number of halogens is 2. The van der Waals surface area contributed by atoms with Gasteiger partial charge in [0, 0.05) is 38.4 Å². The second-order valence-electron chi connectivity index (χ2n) is 7.62. The predicted molar refractivity (Wildman–Crippen MR) is 94.3 cm³/mol. The lowest BCUT2D eigenvalue weighted by Gasteiger charge is -2.47. The van der Waals surface area contributed by atoms with Crippen molar-refractivity contribution >= 4 is 12.1 Å². The summed E-state index contributed by atoms with van der Waals surface area (Å²) in [5, 5.41) is 0. The van der Waals surface area contributed by atoms with Crippen LogP contribution in [0.15, 0.2) is 12.1 Å². The molecule has 0 radical (unpaired) electrons. The molecule has 1 aliphatic heterocycles. The molecule has 0 atom stereocenters. The molecular formula is C19H24F2N2O5. The Kier molecular flexibility index (Phi) is 5.85. The molecule has 28 heavy (non-hydrogen) atoms. The number of carbonyl (C=O) groups is 2. The summed E-state index contributed by atoms with van der Waals surface area (Å²) in [4.78, 5) is 24.3. The van der Waals surface area contributed by atoms with Gasteiger partial charge in [-0.2, -0.15) is 0 Å². The molecule has 0 bridgehead atoms. The summed E-state index contributed by atoms with van der Waals surface area (Å²) in [7, 11) is 0. The average molecular weight is 398 g/mol. The van der Waals surface area contributed by atoms with Crippen LogP contribution in [-0.4, -0.2) is 54.4 Å². The fourth-order valence-electron chi connectivity index (χ4n) is 3.22. The molecule has 9 heteroatoms. The van der Waals surface area contributed by atoms with E-state index in [1.54, 1.807) is 6.92 Å². The zero-order valence-electron chi connectivity index (χ0n) is 15.9. The average Bonchev–Trinajstić information content (AvgIpc) is 2.53. The quantitative estimate of drug-likeness (QED) is 0.738. The standard InChI is InChI=1S/C19H24F2N2O5/c1-11-3-16(20)15(17(21)4-11)7-26-13-5-14(6-13)28-18(25)23-8-19(22,9-23)10-27-12(2)24/h3-4,13-14H,5-10,22H2,1-2H3. The van der Waals surface area contributed by atoms with Gasteiger partial charge in [0.2, 0.25) is 0 Å². The van der Waals surface area contributed by atoms with Gasteiger partial charge in [0.05, 0.1) is 18.2 Å². The number of hydrogen-bond acceptors (Lipinski definition) is 6.